The maximum atomic E-state index is 13.3. The maximum absolute atomic E-state index is 13.3. The van der Waals surface area contributed by atoms with Gasteiger partial charge in [0, 0.05) is 6.42 Å². The molecule has 94 valence electrons. The number of carbonyl (C=O) groups is 1. The van der Waals surface area contributed by atoms with Crippen LogP contribution >= 0.6 is 0 Å². The number of carbonyl (C=O) groups excluding carboxylic acids is 1. The smallest absolute Gasteiger partial charge is 0.162 e. The largest absolute Gasteiger partial charge is 0.467 e. The lowest BCUT2D eigenvalue weighted by Crippen LogP contribution is -2.12. The highest BCUT2D eigenvalue weighted by molar-refractivity contribution is 5.82. The van der Waals surface area contributed by atoms with Gasteiger partial charge in [-0.25, -0.2) is 4.39 Å². The van der Waals surface area contributed by atoms with Crippen molar-refractivity contribution >= 4 is 5.78 Å². The topological polar surface area (TPSA) is 39.4 Å². The van der Waals surface area contributed by atoms with E-state index in [0.717, 1.165) is 0 Å². The first-order valence-corrected chi connectivity index (χ1v) is 5.61. The second kappa shape index (κ2) is 6.12. The summed E-state index contributed by atoms with van der Waals surface area (Å²) in [5, 5.41) is 0. The third kappa shape index (κ3) is 3.53. The summed E-state index contributed by atoms with van der Waals surface area (Å²) in [5.74, 6) is 0.136. The quantitative estimate of drug-likeness (QED) is 0.789. The minimum Gasteiger partial charge on any atom is -0.467 e. The molecule has 0 spiro atoms. The molecule has 18 heavy (non-hydrogen) atoms. The molecule has 1 aromatic carbocycles. The summed E-state index contributed by atoms with van der Waals surface area (Å²) >= 11 is 0. The van der Waals surface area contributed by atoms with Crippen LogP contribution in [0.3, 0.4) is 0 Å². The molecule has 0 N–H and O–H groups in total. The zero-order valence-corrected chi connectivity index (χ0v) is 9.77. The summed E-state index contributed by atoms with van der Waals surface area (Å²) in [6.45, 7) is 0.199. The predicted octanol–water partition coefficient (Wildman–Crippen LogP) is 2.75. The van der Waals surface area contributed by atoms with E-state index in [4.69, 9.17) is 9.15 Å². The third-order valence-corrected chi connectivity index (χ3v) is 2.43. The van der Waals surface area contributed by atoms with E-state index < -0.39 is 0 Å². The van der Waals surface area contributed by atoms with Crippen molar-refractivity contribution < 1.29 is 18.3 Å². The van der Waals surface area contributed by atoms with E-state index >= 15 is 0 Å². The van der Waals surface area contributed by atoms with Gasteiger partial charge in [0.05, 0.1) is 6.26 Å². The van der Waals surface area contributed by atoms with Gasteiger partial charge in [0.15, 0.2) is 5.78 Å². The zero-order chi connectivity index (χ0) is 12.8. The molecule has 0 bridgehead atoms. The Hall–Kier alpha value is -1.94. The molecule has 3 nitrogen and oxygen atoms in total. The number of ether oxygens (including phenoxy) is 1. The third-order valence-electron chi connectivity index (χ3n) is 2.43. The Balaban J connectivity index is 1.77. The number of ketones is 1. The van der Waals surface area contributed by atoms with E-state index in [9.17, 15) is 9.18 Å². The Labute approximate surface area is 104 Å². The lowest BCUT2D eigenvalue weighted by atomic mass is 10.1. The molecule has 2 rings (SSSR count). The molecular formula is C14H13FO3. The van der Waals surface area contributed by atoms with Gasteiger partial charge in [-0.05, 0) is 23.8 Å². The van der Waals surface area contributed by atoms with E-state index in [0.29, 0.717) is 11.3 Å². The fraction of sp³-hybridized carbons (Fsp3) is 0.214. The molecule has 0 unspecified atom stereocenters. The van der Waals surface area contributed by atoms with Crippen molar-refractivity contribution in [2.45, 2.75) is 13.0 Å². The number of hydrogen-bond acceptors (Lipinski definition) is 3. The minimum atomic E-state index is -0.364. The summed E-state index contributed by atoms with van der Waals surface area (Å²) in [6, 6.07) is 9.75. The SMILES string of the molecule is O=C(COCc1ccco1)Cc1ccccc1F. The number of Topliss-reactive ketones (excluding diaryl/α,β-unsaturated/α-hetero) is 1. The average molecular weight is 248 g/mol. The molecule has 0 radical (unpaired) electrons. The molecule has 0 atom stereocenters. The second-order valence-electron chi connectivity index (χ2n) is 3.88. The van der Waals surface area contributed by atoms with Crippen LogP contribution in [0, 0.1) is 5.82 Å². The Morgan fingerprint density at radius 2 is 2.06 bits per heavy atom. The fourth-order valence-corrected chi connectivity index (χ4v) is 1.57. The first-order chi connectivity index (χ1) is 8.75. The molecular weight excluding hydrogens is 235 g/mol. The summed E-state index contributed by atoms with van der Waals surface area (Å²) in [7, 11) is 0. The minimum absolute atomic E-state index is 0.0465. The molecule has 0 aliphatic carbocycles. The molecule has 0 amide bonds. The first kappa shape index (κ1) is 12.5. The molecule has 4 heteroatoms. The van der Waals surface area contributed by atoms with Crippen molar-refractivity contribution in [3.63, 3.8) is 0 Å². The van der Waals surface area contributed by atoms with Gasteiger partial charge in [-0.1, -0.05) is 18.2 Å². The Bertz CT molecular complexity index is 506. The number of furan rings is 1. The van der Waals surface area contributed by atoms with Gasteiger partial charge in [-0.15, -0.1) is 0 Å². The monoisotopic (exact) mass is 248 g/mol. The van der Waals surface area contributed by atoms with Crippen LogP contribution in [0.25, 0.3) is 0 Å². The lowest BCUT2D eigenvalue weighted by Gasteiger charge is -2.03. The Morgan fingerprint density at radius 3 is 2.78 bits per heavy atom. The van der Waals surface area contributed by atoms with Crippen LogP contribution in [-0.4, -0.2) is 12.4 Å². The van der Waals surface area contributed by atoms with Crippen molar-refractivity contribution in [1.82, 2.24) is 0 Å². The van der Waals surface area contributed by atoms with E-state index in [1.54, 1.807) is 36.6 Å². The van der Waals surface area contributed by atoms with Gasteiger partial charge in [-0.2, -0.15) is 0 Å². The van der Waals surface area contributed by atoms with Gasteiger partial charge in [-0.3, -0.25) is 4.79 Å². The summed E-state index contributed by atoms with van der Waals surface area (Å²) in [6.07, 6.45) is 1.59. The predicted molar refractivity (Wildman–Crippen MR) is 63.5 cm³/mol. The first-order valence-electron chi connectivity index (χ1n) is 5.61. The molecule has 0 aliphatic heterocycles. The van der Waals surface area contributed by atoms with Crippen LogP contribution in [0.4, 0.5) is 4.39 Å². The average Bonchev–Trinajstić information content (AvgIpc) is 2.85. The Morgan fingerprint density at radius 1 is 1.22 bits per heavy atom. The maximum Gasteiger partial charge on any atom is 0.162 e. The van der Waals surface area contributed by atoms with E-state index in [1.807, 2.05) is 0 Å². The van der Waals surface area contributed by atoms with Crippen molar-refractivity contribution in [3.05, 3.63) is 59.8 Å². The Kier molecular flexibility index (Phi) is 4.25. The fourth-order valence-electron chi connectivity index (χ4n) is 1.57. The molecule has 0 fully saturated rings. The van der Waals surface area contributed by atoms with E-state index in [-0.39, 0.29) is 31.2 Å². The normalized spacial score (nSPS) is 10.5. The highest BCUT2D eigenvalue weighted by atomic mass is 19.1. The molecule has 0 saturated heterocycles. The summed E-state index contributed by atoms with van der Waals surface area (Å²) in [4.78, 5) is 11.6. The molecule has 0 saturated carbocycles. The van der Waals surface area contributed by atoms with Crippen LogP contribution in [0.1, 0.15) is 11.3 Å². The molecule has 1 aromatic heterocycles. The standard InChI is InChI=1S/C14H13FO3/c15-14-6-2-1-4-11(14)8-12(16)9-17-10-13-5-3-7-18-13/h1-7H,8-10H2. The second-order valence-corrected chi connectivity index (χ2v) is 3.88. The van der Waals surface area contributed by atoms with Gasteiger partial charge < -0.3 is 9.15 Å². The van der Waals surface area contributed by atoms with E-state index in [1.165, 1.54) is 6.07 Å². The highest BCUT2D eigenvalue weighted by Gasteiger charge is 2.08. The van der Waals surface area contributed by atoms with Crippen LogP contribution < -0.4 is 0 Å². The molecule has 0 aliphatic rings. The van der Waals surface area contributed by atoms with Gasteiger partial charge >= 0.3 is 0 Å². The lowest BCUT2D eigenvalue weighted by molar-refractivity contribution is -0.123. The van der Waals surface area contributed by atoms with E-state index in [2.05, 4.69) is 0 Å². The van der Waals surface area contributed by atoms with Crippen molar-refractivity contribution in [1.29, 1.82) is 0 Å². The van der Waals surface area contributed by atoms with Gasteiger partial charge in [0.2, 0.25) is 0 Å². The number of rotatable bonds is 6. The van der Waals surface area contributed by atoms with Crippen molar-refractivity contribution in [3.8, 4) is 0 Å². The van der Waals surface area contributed by atoms with Crippen LogP contribution in [0.5, 0.6) is 0 Å². The van der Waals surface area contributed by atoms with Gasteiger partial charge in [0.1, 0.15) is 24.8 Å². The van der Waals surface area contributed by atoms with Crippen LogP contribution in [-0.2, 0) is 22.6 Å². The number of halogens is 1. The van der Waals surface area contributed by atoms with Gasteiger partial charge in [0.25, 0.3) is 0 Å². The summed E-state index contributed by atoms with van der Waals surface area (Å²) in [5.41, 5.74) is 0.393. The summed E-state index contributed by atoms with van der Waals surface area (Å²) < 4.78 is 23.5. The zero-order valence-electron chi connectivity index (χ0n) is 9.77. The molecule has 2 aromatic rings. The van der Waals surface area contributed by atoms with Crippen molar-refractivity contribution in [2.75, 3.05) is 6.61 Å². The highest BCUT2D eigenvalue weighted by Crippen LogP contribution is 2.08. The van der Waals surface area contributed by atoms with Crippen LogP contribution in [0.15, 0.2) is 47.1 Å². The van der Waals surface area contributed by atoms with Crippen molar-refractivity contribution in [2.24, 2.45) is 0 Å². The number of benzene rings is 1. The molecule has 1 heterocycles. The van der Waals surface area contributed by atoms with Crippen LogP contribution in [0.2, 0.25) is 0 Å². The number of hydrogen-bond donors (Lipinski definition) is 0.